The molecule has 1 N–H and O–H groups in total. The van der Waals surface area contributed by atoms with Crippen LogP contribution in [0.4, 0.5) is 4.39 Å². The highest BCUT2D eigenvalue weighted by Crippen LogP contribution is 2.37. The average Bonchev–Trinajstić information content (AvgIpc) is 2.85. The standard InChI is InChI=1S/C13H16FNO4S/c1-2-13(12(16)17)7-8-15(9-13)20(18,19)11-6-4-3-5-10(11)14/h3-6H,2,7-9H2,1H3,(H,16,17). The summed E-state index contributed by atoms with van der Waals surface area (Å²) in [6, 6.07) is 5.12. The lowest BCUT2D eigenvalue weighted by atomic mass is 9.85. The van der Waals surface area contributed by atoms with Crippen LogP contribution in [0.1, 0.15) is 19.8 Å². The monoisotopic (exact) mass is 301 g/mol. The Kier molecular flexibility index (Phi) is 3.84. The minimum Gasteiger partial charge on any atom is -0.481 e. The van der Waals surface area contributed by atoms with E-state index in [1.54, 1.807) is 6.92 Å². The highest BCUT2D eigenvalue weighted by molar-refractivity contribution is 7.89. The Bertz CT molecular complexity index is 631. The number of benzene rings is 1. The Labute approximate surface area is 117 Å². The van der Waals surface area contributed by atoms with Gasteiger partial charge in [-0.2, -0.15) is 4.31 Å². The number of sulfonamides is 1. The van der Waals surface area contributed by atoms with Crippen molar-refractivity contribution in [1.82, 2.24) is 4.31 Å². The molecule has 1 saturated heterocycles. The second kappa shape index (κ2) is 5.14. The number of carboxylic acids is 1. The van der Waals surface area contributed by atoms with Crippen LogP contribution in [0.5, 0.6) is 0 Å². The molecule has 1 unspecified atom stereocenters. The fourth-order valence-electron chi connectivity index (χ4n) is 2.45. The molecule has 7 heteroatoms. The number of hydrogen-bond donors (Lipinski definition) is 1. The second-order valence-electron chi connectivity index (χ2n) is 4.96. The van der Waals surface area contributed by atoms with Gasteiger partial charge in [0.2, 0.25) is 10.0 Å². The van der Waals surface area contributed by atoms with Gasteiger partial charge in [-0.1, -0.05) is 19.1 Å². The van der Waals surface area contributed by atoms with E-state index in [2.05, 4.69) is 0 Å². The number of carbonyl (C=O) groups is 1. The first kappa shape index (κ1) is 14.9. The third-order valence-corrected chi connectivity index (χ3v) is 5.78. The van der Waals surface area contributed by atoms with E-state index in [4.69, 9.17) is 0 Å². The number of aliphatic carboxylic acids is 1. The lowest BCUT2D eigenvalue weighted by Gasteiger charge is -2.23. The predicted molar refractivity (Wildman–Crippen MR) is 70.1 cm³/mol. The van der Waals surface area contributed by atoms with Crippen molar-refractivity contribution in [3.63, 3.8) is 0 Å². The number of rotatable bonds is 4. The van der Waals surface area contributed by atoms with Gasteiger partial charge in [0.1, 0.15) is 10.7 Å². The van der Waals surface area contributed by atoms with Gasteiger partial charge in [0.25, 0.3) is 0 Å². The predicted octanol–water partition coefficient (Wildman–Crippen LogP) is 1.70. The lowest BCUT2D eigenvalue weighted by molar-refractivity contribution is -0.148. The molecule has 0 radical (unpaired) electrons. The maximum absolute atomic E-state index is 13.6. The van der Waals surface area contributed by atoms with Gasteiger partial charge in [-0.05, 0) is 25.0 Å². The molecular formula is C13H16FNO4S. The van der Waals surface area contributed by atoms with E-state index in [1.165, 1.54) is 18.2 Å². The Balaban J connectivity index is 2.35. The summed E-state index contributed by atoms with van der Waals surface area (Å²) in [4.78, 5) is 10.9. The SMILES string of the molecule is CCC1(C(=O)O)CCN(S(=O)(=O)c2ccccc2F)C1. The molecule has 0 aromatic heterocycles. The summed E-state index contributed by atoms with van der Waals surface area (Å²) in [5.41, 5.74) is -1.07. The van der Waals surface area contributed by atoms with Crippen molar-refractivity contribution in [3.8, 4) is 0 Å². The summed E-state index contributed by atoms with van der Waals surface area (Å²) >= 11 is 0. The Morgan fingerprint density at radius 3 is 2.60 bits per heavy atom. The summed E-state index contributed by atoms with van der Waals surface area (Å²) in [6.07, 6.45) is 0.581. The van der Waals surface area contributed by atoms with Crippen LogP contribution in [-0.2, 0) is 14.8 Å². The van der Waals surface area contributed by atoms with Gasteiger partial charge in [-0.25, -0.2) is 12.8 Å². The first-order chi connectivity index (χ1) is 9.33. The van der Waals surface area contributed by atoms with Crippen molar-refractivity contribution in [2.24, 2.45) is 5.41 Å². The first-order valence-electron chi connectivity index (χ1n) is 6.31. The van der Waals surface area contributed by atoms with E-state index in [9.17, 15) is 22.7 Å². The molecule has 1 atom stereocenters. The minimum absolute atomic E-state index is 0.0941. The number of hydrogen-bond acceptors (Lipinski definition) is 3. The molecule has 1 heterocycles. The van der Waals surface area contributed by atoms with Crippen molar-refractivity contribution in [1.29, 1.82) is 0 Å². The van der Waals surface area contributed by atoms with Crippen molar-refractivity contribution in [2.75, 3.05) is 13.1 Å². The molecule has 5 nitrogen and oxygen atoms in total. The molecular weight excluding hydrogens is 285 g/mol. The van der Waals surface area contributed by atoms with Crippen molar-refractivity contribution >= 4 is 16.0 Å². The van der Waals surface area contributed by atoms with Gasteiger partial charge < -0.3 is 5.11 Å². The molecule has 1 aromatic carbocycles. The van der Waals surface area contributed by atoms with E-state index in [0.29, 0.717) is 6.42 Å². The second-order valence-corrected chi connectivity index (χ2v) is 6.86. The summed E-state index contributed by atoms with van der Waals surface area (Å²) < 4.78 is 39.5. The van der Waals surface area contributed by atoms with E-state index in [0.717, 1.165) is 10.4 Å². The molecule has 20 heavy (non-hydrogen) atoms. The van der Waals surface area contributed by atoms with Crippen LogP contribution in [0, 0.1) is 11.2 Å². The third-order valence-electron chi connectivity index (χ3n) is 3.90. The molecule has 1 fully saturated rings. The van der Waals surface area contributed by atoms with Crippen LogP contribution in [0.15, 0.2) is 29.2 Å². The molecule has 1 aliphatic rings. The molecule has 0 amide bonds. The van der Waals surface area contributed by atoms with Crippen molar-refractivity contribution in [3.05, 3.63) is 30.1 Å². The van der Waals surface area contributed by atoms with Crippen LogP contribution < -0.4 is 0 Å². The maximum atomic E-state index is 13.6. The molecule has 0 aliphatic carbocycles. The lowest BCUT2D eigenvalue weighted by Crippen LogP contribution is -2.36. The number of halogens is 1. The molecule has 2 rings (SSSR count). The summed E-state index contributed by atoms with van der Waals surface area (Å²) in [5.74, 6) is -1.83. The minimum atomic E-state index is -3.99. The van der Waals surface area contributed by atoms with E-state index in [1.807, 2.05) is 0 Å². The first-order valence-corrected chi connectivity index (χ1v) is 7.75. The van der Waals surface area contributed by atoms with Crippen LogP contribution in [0.25, 0.3) is 0 Å². The largest absolute Gasteiger partial charge is 0.481 e. The van der Waals surface area contributed by atoms with Gasteiger partial charge in [0.05, 0.1) is 5.41 Å². The van der Waals surface area contributed by atoms with E-state index in [-0.39, 0.29) is 19.5 Å². The van der Waals surface area contributed by atoms with Crippen LogP contribution in [-0.4, -0.2) is 36.9 Å². The highest BCUT2D eigenvalue weighted by Gasteiger charge is 2.47. The third kappa shape index (κ3) is 2.31. The topological polar surface area (TPSA) is 74.7 Å². The molecule has 1 aliphatic heterocycles. The van der Waals surface area contributed by atoms with Crippen molar-refractivity contribution in [2.45, 2.75) is 24.7 Å². The summed E-state index contributed by atoms with van der Waals surface area (Å²) in [6.45, 7) is 1.69. The molecule has 0 spiro atoms. The molecule has 0 bridgehead atoms. The fourth-order valence-corrected chi connectivity index (χ4v) is 4.04. The van der Waals surface area contributed by atoms with Gasteiger partial charge in [-0.3, -0.25) is 4.79 Å². The smallest absolute Gasteiger partial charge is 0.311 e. The Morgan fingerprint density at radius 2 is 2.10 bits per heavy atom. The fraction of sp³-hybridized carbons (Fsp3) is 0.462. The maximum Gasteiger partial charge on any atom is 0.311 e. The van der Waals surface area contributed by atoms with Crippen LogP contribution in [0.2, 0.25) is 0 Å². The molecule has 0 saturated carbocycles. The summed E-state index contributed by atoms with van der Waals surface area (Å²) in [5, 5.41) is 9.28. The van der Waals surface area contributed by atoms with E-state index < -0.39 is 32.1 Å². The van der Waals surface area contributed by atoms with Gasteiger partial charge >= 0.3 is 5.97 Å². The normalized spacial score (nSPS) is 23.9. The zero-order chi connectivity index (χ0) is 15.0. The highest BCUT2D eigenvalue weighted by atomic mass is 32.2. The molecule has 110 valence electrons. The number of nitrogens with zero attached hydrogens (tertiary/aromatic N) is 1. The Morgan fingerprint density at radius 1 is 1.45 bits per heavy atom. The Hall–Kier alpha value is -1.47. The van der Waals surface area contributed by atoms with E-state index >= 15 is 0 Å². The zero-order valence-electron chi connectivity index (χ0n) is 11.0. The van der Waals surface area contributed by atoms with Crippen LogP contribution >= 0.6 is 0 Å². The summed E-state index contributed by atoms with van der Waals surface area (Å²) in [7, 11) is -3.99. The number of carboxylic acid groups (broad SMARTS) is 1. The zero-order valence-corrected chi connectivity index (χ0v) is 11.9. The van der Waals surface area contributed by atoms with Crippen LogP contribution in [0.3, 0.4) is 0 Å². The molecule has 1 aromatic rings. The average molecular weight is 301 g/mol. The van der Waals surface area contributed by atoms with Gasteiger partial charge in [0.15, 0.2) is 0 Å². The quantitative estimate of drug-likeness (QED) is 0.918. The van der Waals surface area contributed by atoms with Gasteiger partial charge in [0, 0.05) is 13.1 Å². The van der Waals surface area contributed by atoms with Crippen molar-refractivity contribution < 1.29 is 22.7 Å². The van der Waals surface area contributed by atoms with Gasteiger partial charge in [-0.15, -0.1) is 0 Å².